The van der Waals surface area contributed by atoms with Crippen molar-refractivity contribution < 1.29 is 18.7 Å². The van der Waals surface area contributed by atoms with E-state index in [9.17, 15) is 13.6 Å². The van der Waals surface area contributed by atoms with Crippen LogP contribution in [0.3, 0.4) is 0 Å². The van der Waals surface area contributed by atoms with Crippen molar-refractivity contribution in [1.82, 2.24) is 5.32 Å². The molecule has 0 unspecified atom stereocenters. The molecule has 6 heteroatoms. The molecule has 0 spiro atoms. The summed E-state index contributed by atoms with van der Waals surface area (Å²) in [5.74, 6) is -2.89. The first kappa shape index (κ1) is 27.3. The van der Waals surface area contributed by atoms with Gasteiger partial charge in [-0.1, -0.05) is 86.6 Å². The smallest absolute Gasteiger partial charge is 0.335 e. The number of nitrogens with zero attached hydrogens (tertiary/aromatic N) is 1. The third-order valence-electron chi connectivity index (χ3n) is 7.22. The number of hydrogen-bond donors (Lipinski definition) is 2. The average molecular weight is 517 g/mol. The van der Waals surface area contributed by atoms with Crippen LogP contribution in [0.5, 0.6) is 0 Å². The zero-order valence-corrected chi connectivity index (χ0v) is 22.0. The van der Waals surface area contributed by atoms with Gasteiger partial charge in [-0.2, -0.15) is 0 Å². The molecule has 4 nitrogen and oxygen atoms in total. The lowest BCUT2D eigenvalue weighted by molar-refractivity contribution is 0.0695. The van der Waals surface area contributed by atoms with Gasteiger partial charge in [0.2, 0.25) is 0 Å². The molecule has 1 aliphatic rings. The molecule has 0 radical (unpaired) electrons. The lowest BCUT2D eigenvalue weighted by Gasteiger charge is -2.23. The second-order valence-corrected chi connectivity index (χ2v) is 9.47. The molecule has 38 heavy (non-hydrogen) atoms. The highest BCUT2D eigenvalue weighted by Crippen LogP contribution is 2.38. The van der Waals surface area contributed by atoms with Crippen LogP contribution in [-0.4, -0.2) is 30.7 Å². The lowest BCUT2D eigenvalue weighted by atomic mass is 9.88. The van der Waals surface area contributed by atoms with Crippen LogP contribution in [0.1, 0.15) is 54.2 Å². The van der Waals surface area contributed by atoms with E-state index >= 15 is 0 Å². The second-order valence-electron chi connectivity index (χ2n) is 9.47. The van der Waals surface area contributed by atoms with Crippen LogP contribution in [0, 0.1) is 17.6 Å². The Bertz CT molecular complexity index is 1360. The first-order valence-corrected chi connectivity index (χ1v) is 13.2. The minimum atomic E-state index is -1.35. The molecular weight excluding hydrogens is 482 g/mol. The summed E-state index contributed by atoms with van der Waals surface area (Å²) < 4.78 is 29.8. The highest BCUT2D eigenvalue weighted by molar-refractivity contribution is 5.88. The summed E-state index contributed by atoms with van der Waals surface area (Å²) in [5.41, 5.74) is 1.77. The minimum Gasteiger partial charge on any atom is -0.478 e. The third-order valence-corrected chi connectivity index (χ3v) is 7.22. The summed E-state index contributed by atoms with van der Waals surface area (Å²) in [5, 5.41) is 15.2. The number of anilines is 1. The maximum atomic E-state index is 14.9. The minimum absolute atomic E-state index is 0.0661. The standard InChI is InChI=1S/C30H28F2N2O2.C2H6/c1-19(24-13-7-11-20-10-5-6-12-25(20)24)33-16-23-17-34(18-26(23)21-8-3-2-4-9-21)29-27(31)14-22(30(35)36)15-28(29)32;1-2/h2-15,19,23,26,33H,16-18H2,1H3,(H,35,36);1-2H3/t19-,23+,26-;/m1./s1. The van der Waals surface area contributed by atoms with Crippen LogP contribution in [0.4, 0.5) is 14.5 Å². The fourth-order valence-corrected chi connectivity index (χ4v) is 5.40. The van der Waals surface area contributed by atoms with Crippen LogP contribution >= 0.6 is 0 Å². The van der Waals surface area contributed by atoms with Crippen molar-refractivity contribution in [2.45, 2.75) is 32.7 Å². The van der Waals surface area contributed by atoms with Gasteiger partial charge in [-0.15, -0.1) is 0 Å². The molecule has 198 valence electrons. The predicted octanol–water partition coefficient (Wildman–Crippen LogP) is 7.41. The fraction of sp³-hybridized carbons (Fsp3) is 0.281. The van der Waals surface area contributed by atoms with Crippen molar-refractivity contribution >= 4 is 22.4 Å². The molecule has 0 amide bonds. The summed E-state index contributed by atoms with van der Waals surface area (Å²) >= 11 is 0. The number of carboxylic acids is 1. The summed E-state index contributed by atoms with van der Waals surface area (Å²) in [6, 6.07) is 26.5. The third kappa shape index (κ3) is 5.70. The Hall–Kier alpha value is -3.77. The second kappa shape index (κ2) is 12.2. The van der Waals surface area contributed by atoms with Gasteiger partial charge in [-0.25, -0.2) is 13.6 Å². The number of carbonyl (C=O) groups is 1. The summed E-state index contributed by atoms with van der Waals surface area (Å²) in [4.78, 5) is 12.9. The molecule has 1 saturated heterocycles. The number of halogens is 2. The van der Waals surface area contributed by atoms with Gasteiger partial charge in [0, 0.05) is 31.6 Å². The molecule has 0 saturated carbocycles. The van der Waals surface area contributed by atoms with Crippen LogP contribution in [0.15, 0.2) is 84.9 Å². The normalized spacial score (nSPS) is 17.7. The van der Waals surface area contributed by atoms with Crippen LogP contribution < -0.4 is 10.2 Å². The molecule has 4 aromatic carbocycles. The van der Waals surface area contributed by atoms with E-state index in [1.807, 2.05) is 44.2 Å². The van der Waals surface area contributed by atoms with Crippen molar-refractivity contribution in [3.63, 3.8) is 0 Å². The largest absolute Gasteiger partial charge is 0.478 e. The van der Waals surface area contributed by atoms with E-state index in [1.54, 1.807) is 4.90 Å². The summed E-state index contributed by atoms with van der Waals surface area (Å²) in [6.07, 6.45) is 0. The average Bonchev–Trinajstić information content (AvgIpc) is 3.36. The van der Waals surface area contributed by atoms with Gasteiger partial charge >= 0.3 is 5.97 Å². The predicted molar refractivity (Wildman–Crippen MR) is 150 cm³/mol. The Morgan fingerprint density at radius 3 is 2.26 bits per heavy atom. The number of rotatable bonds is 7. The Labute approximate surface area is 222 Å². The molecule has 0 aromatic heterocycles. The van der Waals surface area contributed by atoms with E-state index in [0.717, 1.165) is 17.7 Å². The quantitative estimate of drug-likeness (QED) is 0.269. The number of hydrogen-bond acceptors (Lipinski definition) is 3. The molecule has 1 heterocycles. The van der Waals surface area contributed by atoms with Crippen molar-refractivity contribution in [3.8, 4) is 0 Å². The number of benzene rings is 4. The van der Waals surface area contributed by atoms with E-state index in [0.29, 0.717) is 19.6 Å². The molecule has 1 aliphatic heterocycles. The van der Waals surface area contributed by atoms with Gasteiger partial charge in [-0.3, -0.25) is 0 Å². The number of fused-ring (bicyclic) bond motifs is 1. The molecule has 5 rings (SSSR count). The maximum Gasteiger partial charge on any atom is 0.335 e. The highest BCUT2D eigenvalue weighted by atomic mass is 19.1. The zero-order chi connectivity index (χ0) is 27.2. The van der Waals surface area contributed by atoms with Gasteiger partial charge in [0.1, 0.15) is 17.3 Å². The number of nitrogens with one attached hydrogen (secondary N) is 1. The summed E-state index contributed by atoms with van der Waals surface area (Å²) in [6.45, 7) is 7.70. The van der Waals surface area contributed by atoms with Gasteiger partial charge < -0.3 is 15.3 Å². The molecule has 3 atom stereocenters. The van der Waals surface area contributed by atoms with Gasteiger partial charge in [-0.05, 0) is 46.9 Å². The van der Waals surface area contributed by atoms with Crippen molar-refractivity contribution in [1.29, 1.82) is 0 Å². The van der Waals surface area contributed by atoms with Crippen molar-refractivity contribution in [2.24, 2.45) is 5.92 Å². The molecule has 1 fully saturated rings. The van der Waals surface area contributed by atoms with Crippen LogP contribution in [0.2, 0.25) is 0 Å². The Morgan fingerprint density at radius 2 is 1.58 bits per heavy atom. The maximum absolute atomic E-state index is 14.9. The Morgan fingerprint density at radius 1 is 0.947 bits per heavy atom. The lowest BCUT2D eigenvalue weighted by Crippen LogP contribution is -2.30. The SMILES string of the molecule is CC.C[C@@H](NC[C@H]1CN(c2c(F)cc(C(=O)O)cc2F)C[C@@H]1c1ccccc1)c1cccc2ccccc12. The molecule has 4 aromatic rings. The Kier molecular flexibility index (Phi) is 8.74. The number of aromatic carboxylic acids is 1. The first-order valence-electron chi connectivity index (χ1n) is 13.2. The fourth-order valence-electron chi connectivity index (χ4n) is 5.40. The van der Waals surface area contributed by atoms with Crippen LogP contribution in [0.25, 0.3) is 10.8 Å². The summed E-state index contributed by atoms with van der Waals surface area (Å²) in [7, 11) is 0. The highest BCUT2D eigenvalue weighted by Gasteiger charge is 2.36. The topological polar surface area (TPSA) is 52.6 Å². The van der Waals surface area contributed by atoms with E-state index in [-0.39, 0.29) is 23.6 Å². The zero-order valence-electron chi connectivity index (χ0n) is 22.0. The Balaban J connectivity index is 0.00000164. The molecule has 0 bridgehead atoms. The molecular formula is C32H34F2N2O2. The van der Waals surface area contributed by atoms with Gasteiger partial charge in [0.25, 0.3) is 0 Å². The molecule has 0 aliphatic carbocycles. The van der Waals surface area contributed by atoms with Crippen molar-refractivity contribution in [3.05, 3.63) is 113 Å². The molecule has 2 N–H and O–H groups in total. The van der Waals surface area contributed by atoms with Crippen molar-refractivity contribution in [2.75, 3.05) is 24.5 Å². The van der Waals surface area contributed by atoms with Crippen LogP contribution in [-0.2, 0) is 0 Å². The number of carboxylic acid groups (broad SMARTS) is 1. The monoisotopic (exact) mass is 516 g/mol. The van der Waals surface area contributed by atoms with E-state index < -0.39 is 23.2 Å². The first-order chi connectivity index (χ1) is 18.4. The van der Waals surface area contributed by atoms with E-state index in [1.165, 1.54) is 16.3 Å². The van der Waals surface area contributed by atoms with Gasteiger partial charge in [0.05, 0.1) is 5.56 Å². The van der Waals surface area contributed by atoms with E-state index in [2.05, 4.69) is 54.7 Å². The van der Waals surface area contributed by atoms with E-state index in [4.69, 9.17) is 5.11 Å². The van der Waals surface area contributed by atoms with Gasteiger partial charge in [0.15, 0.2) is 0 Å².